The number of rotatable bonds is 2. The van der Waals surface area contributed by atoms with Crippen LogP contribution in [0.1, 0.15) is 5.69 Å². The number of ether oxygens (including phenoxy) is 1. The zero-order valence-electron chi connectivity index (χ0n) is 13.7. The standard InChI is InChI=1S/C19H11ClF3NO2S/c1-9-16(20)17(25)15-12-7-6-10(8-14(12)27-18(15)24-9)11-4-2-3-5-13(11)26-19(21,22)23/h2-8H,1H3,(H,24,25)/p-1. The Labute approximate surface area is 160 Å². The SMILES string of the molecule is Cc1nc2sc3cc(-c4ccccc4OC(F)(F)F)ccc3c2c([O-])c1Cl. The Morgan fingerprint density at radius 2 is 1.89 bits per heavy atom. The van der Waals surface area contributed by atoms with Crippen LogP contribution >= 0.6 is 22.9 Å². The third kappa shape index (κ3) is 3.17. The van der Waals surface area contributed by atoms with Crippen molar-refractivity contribution in [3.05, 3.63) is 53.2 Å². The number of thiophene rings is 1. The number of benzene rings is 2. The quantitative estimate of drug-likeness (QED) is 0.405. The van der Waals surface area contributed by atoms with Gasteiger partial charge < -0.3 is 9.84 Å². The minimum Gasteiger partial charge on any atom is -0.871 e. The number of aromatic nitrogens is 1. The fourth-order valence-corrected chi connectivity index (χ4v) is 4.24. The monoisotopic (exact) mass is 408 g/mol. The van der Waals surface area contributed by atoms with Crippen molar-refractivity contribution in [1.82, 2.24) is 4.98 Å². The molecule has 0 aliphatic rings. The van der Waals surface area contributed by atoms with Crippen molar-refractivity contribution in [3.8, 4) is 22.6 Å². The van der Waals surface area contributed by atoms with Crippen LogP contribution in [0.5, 0.6) is 11.5 Å². The lowest BCUT2D eigenvalue weighted by Gasteiger charge is -2.14. The number of hydrogen-bond donors (Lipinski definition) is 0. The largest absolute Gasteiger partial charge is 0.871 e. The summed E-state index contributed by atoms with van der Waals surface area (Å²) in [5.41, 5.74) is 1.30. The van der Waals surface area contributed by atoms with E-state index >= 15 is 0 Å². The highest BCUT2D eigenvalue weighted by atomic mass is 35.5. The summed E-state index contributed by atoms with van der Waals surface area (Å²) in [6, 6.07) is 11.0. The maximum absolute atomic E-state index is 12.7. The first-order chi connectivity index (χ1) is 12.7. The second-order valence-corrected chi connectivity index (χ2v) is 7.29. The van der Waals surface area contributed by atoms with E-state index in [9.17, 15) is 18.3 Å². The van der Waals surface area contributed by atoms with Crippen molar-refractivity contribution in [2.75, 3.05) is 0 Å². The molecule has 2 heterocycles. The molecule has 0 spiro atoms. The second-order valence-electron chi connectivity index (χ2n) is 5.88. The molecule has 0 bridgehead atoms. The summed E-state index contributed by atoms with van der Waals surface area (Å²) < 4.78 is 42.9. The van der Waals surface area contributed by atoms with Crippen molar-refractivity contribution in [2.45, 2.75) is 13.3 Å². The van der Waals surface area contributed by atoms with E-state index in [4.69, 9.17) is 11.6 Å². The Balaban J connectivity index is 1.91. The van der Waals surface area contributed by atoms with Gasteiger partial charge in [0.1, 0.15) is 10.6 Å². The molecule has 3 nitrogen and oxygen atoms in total. The molecule has 0 saturated carbocycles. The van der Waals surface area contributed by atoms with Crippen LogP contribution in [0.25, 0.3) is 31.4 Å². The Morgan fingerprint density at radius 3 is 2.63 bits per heavy atom. The van der Waals surface area contributed by atoms with Gasteiger partial charge in [0.2, 0.25) is 0 Å². The number of pyridine rings is 1. The normalized spacial score (nSPS) is 12.0. The van der Waals surface area contributed by atoms with Gasteiger partial charge in [-0.15, -0.1) is 24.5 Å². The van der Waals surface area contributed by atoms with Crippen LogP contribution in [0.4, 0.5) is 13.2 Å². The predicted octanol–water partition coefficient (Wildman–Crippen LogP) is 6.05. The number of halogens is 4. The second kappa shape index (κ2) is 6.28. The van der Waals surface area contributed by atoms with Gasteiger partial charge in [0.05, 0.1) is 10.7 Å². The van der Waals surface area contributed by atoms with Gasteiger partial charge >= 0.3 is 6.36 Å². The predicted molar refractivity (Wildman–Crippen MR) is 98.4 cm³/mol. The van der Waals surface area contributed by atoms with E-state index in [2.05, 4.69) is 9.72 Å². The number of nitrogens with zero attached hydrogens (tertiary/aromatic N) is 1. The van der Waals surface area contributed by atoms with Gasteiger partial charge in [0, 0.05) is 21.0 Å². The van der Waals surface area contributed by atoms with Crippen molar-refractivity contribution in [3.63, 3.8) is 0 Å². The van der Waals surface area contributed by atoms with E-state index in [1.165, 1.54) is 23.5 Å². The third-order valence-corrected chi connectivity index (χ3v) is 5.60. The number of para-hydroxylation sites is 1. The lowest BCUT2D eigenvalue weighted by molar-refractivity contribution is -0.274. The molecule has 0 N–H and O–H groups in total. The number of alkyl halides is 3. The van der Waals surface area contributed by atoms with E-state index < -0.39 is 6.36 Å². The molecule has 4 aromatic rings. The number of fused-ring (bicyclic) bond motifs is 3. The molecular formula is C19H10ClF3NO2S-. The Hall–Kier alpha value is -2.51. The van der Waals surface area contributed by atoms with Gasteiger partial charge in [-0.2, -0.15) is 0 Å². The van der Waals surface area contributed by atoms with Gasteiger partial charge in [0.25, 0.3) is 0 Å². The van der Waals surface area contributed by atoms with Crippen molar-refractivity contribution < 1.29 is 23.0 Å². The molecule has 0 aliphatic heterocycles. The van der Waals surface area contributed by atoms with Crippen LogP contribution in [0.3, 0.4) is 0 Å². The zero-order valence-corrected chi connectivity index (χ0v) is 15.3. The summed E-state index contributed by atoms with van der Waals surface area (Å²) in [6.07, 6.45) is -4.78. The average molecular weight is 409 g/mol. The lowest BCUT2D eigenvalue weighted by Crippen LogP contribution is -2.17. The fraction of sp³-hybridized carbons (Fsp3) is 0.105. The molecule has 4 rings (SSSR count). The molecule has 0 atom stereocenters. The fourth-order valence-electron chi connectivity index (χ4n) is 2.94. The summed E-state index contributed by atoms with van der Waals surface area (Å²) in [7, 11) is 0. The van der Waals surface area contributed by atoms with E-state index in [0.29, 0.717) is 32.4 Å². The molecule has 138 valence electrons. The van der Waals surface area contributed by atoms with Crippen molar-refractivity contribution >= 4 is 43.2 Å². The first-order valence-electron chi connectivity index (χ1n) is 7.79. The summed E-state index contributed by atoms with van der Waals surface area (Å²) >= 11 is 7.32. The Kier molecular flexibility index (Phi) is 4.16. The molecule has 8 heteroatoms. The highest BCUT2D eigenvalue weighted by molar-refractivity contribution is 7.25. The molecule has 2 aromatic carbocycles. The summed E-state index contributed by atoms with van der Waals surface area (Å²) in [5, 5.41) is 13.7. The molecular weight excluding hydrogens is 399 g/mol. The molecule has 0 amide bonds. The van der Waals surface area contributed by atoms with E-state index in [0.717, 1.165) is 4.70 Å². The van der Waals surface area contributed by atoms with Gasteiger partial charge in [-0.05, 0) is 24.6 Å². The highest BCUT2D eigenvalue weighted by Gasteiger charge is 2.32. The van der Waals surface area contributed by atoms with E-state index in [1.807, 2.05) is 0 Å². The zero-order chi connectivity index (χ0) is 19.3. The molecule has 0 unspecified atom stereocenters. The molecule has 0 radical (unpaired) electrons. The number of hydrogen-bond acceptors (Lipinski definition) is 4. The molecule has 0 saturated heterocycles. The van der Waals surface area contributed by atoms with Gasteiger partial charge in [-0.1, -0.05) is 47.7 Å². The average Bonchev–Trinajstić information content (AvgIpc) is 2.96. The van der Waals surface area contributed by atoms with Crippen molar-refractivity contribution in [2.24, 2.45) is 0 Å². The van der Waals surface area contributed by atoms with E-state index in [-0.39, 0.29) is 16.5 Å². The minimum atomic E-state index is -4.78. The molecule has 0 fully saturated rings. The van der Waals surface area contributed by atoms with Crippen LogP contribution in [0, 0.1) is 6.92 Å². The topological polar surface area (TPSA) is 45.2 Å². The van der Waals surface area contributed by atoms with Gasteiger partial charge in [-0.3, -0.25) is 0 Å². The molecule has 27 heavy (non-hydrogen) atoms. The summed E-state index contributed by atoms with van der Waals surface area (Å²) in [4.78, 5) is 4.90. The van der Waals surface area contributed by atoms with Crippen LogP contribution in [0.15, 0.2) is 42.5 Å². The van der Waals surface area contributed by atoms with Crippen LogP contribution in [0.2, 0.25) is 5.02 Å². The van der Waals surface area contributed by atoms with Crippen LogP contribution < -0.4 is 9.84 Å². The van der Waals surface area contributed by atoms with Gasteiger partial charge in [0.15, 0.2) is 0 Å². The van der Waals surface area contributed by atoms with Crippen LogP contribution in [-0.4, -0.2) is 11.3 Å². The highest BCUT2D eigenvalue weighted by Crippen LogP contribution is 2.43. The smallest absolute Gasteiger partial charge is 0.573 e. The Morgan fingerprint density at radius 1 is 1.15 bits per heavy atom. The molecule has 0 aliphatic carbocycles. The molecule has 2 aromatic heterocycles. The van der Waals surface area contributed by atoms with E-state index in [1.54, 1.807) is 37.3 Å². The van der Waals surface area contributed by atoms with Crippen molar-refractivity contribution in [1.29, 1.82) is 0 Å². The number of aryl methyl sites for hydroxylation is 1. The summed E-state index contributed by atoms with van der Waals surface area (Å²) in [5.74, 6) is -0.578. The first kappa shape index (κ1) is 17.9. The minimum absolute atomic E-state index is 0.0789. The maximum atomic E-state index is 12.7. The van der Waals surface area contributed by atoms with Crippen LogP contribution in [-0.2, 0) is 0 Å². The third-order valence-electron chi connectivity index (χ3n) is 4.11. The Bertz CT molecular complexity index is 1190. The summed E-state index contributed by atoms with van der Waals surface area (Å²) in [6.45, 7) is 1.66. The van der Waals surface area contributed by atoms with Gasteiger partial charge in [-0.25, -0.2) is 4.98 Å². The first-order valence-corrected chi connectivity index (χ1v) is 8.98. The lowest BCUT2D eigenvalue weighted by atomic mass is 10.0. The maximum Gasteiger partial charge on any atom is 0.573 e.